The first kappa shape index (κ1) is 23.2. The minimum atomic E-state index is -0.905. The monoisotopic (exact) mass is 414 g/mol. The van der Waals surface area contributed by atoms with E-state index in [1.54, 1.807) is 19.1 Å². The molecule has 0 radical (unpaired) electrons. The zero-order chi connectivity index (χ0) is 22.3. The second kappa shape index (κ2) is 10.6. The van der Waals surface area contributed by atoms with E-state index in [9.17, 15) is 9.59 Å². The minimum Gasteiger partial charge on any atom is -0.497 e. The molecule has 0 aromatic heterocycles. The smallest absolute Gasteiger partial charge is 0.308 e. The van der Waals surface area contributed by atoms with Gasteiger partial charge in [-0.15, -0.1) is 0 Å². The molecular formula is C23H30N2O5. The Morgan fingerprint density at radius 1 is 1.00 bits per heavy atom. The van der Waals surface area contributed by atoms with Crippen molar-refractivity contribution < 1.29 is 24.2 Å². The molecule has 1 aliphatic heterocycles. The van der Waals surface area contributed by atoms with Crippen molar-refractivity contribution in [2.75, 3.05) is 20.8 Å². The number of carboxylic acid groups (broad SMARTS) is 1. The van der Waals surface area contributed by atoms with Gasteiger partial charge in [0.25, 0.3) is 0 Å². The maximum Gasteiger partial charge on any atom is 0.308 e. The fourth-order valence-electron chi connectivity index (χ4n) is 3.24. The summed E-state index contributed by atoms with van der Waals surface area (Å²) in [4.78, 5) is 24.4. The number of methoxy groups -OCH3 is 2. The number of ether oxygens (including phenoxy) is 2. The number of hydrogen-bond acceptors (Lipinski definition) is 5. The first-order chi connectivity index (χ1) is 14.3. The van der Waals surface area contributed by atoms with Gasteiger partial charge in [-0.1, -0.05) is 24.3 Å². The number of rotatable bonds is 6. The Kier molecular flexibility index (Phi) is 8.24. The molecule has 162 valence electrons. The predicted octanol–water partition coefficient (Wildman–Crippen LogP) is 3.40. The summed E-state index contributed by atoms with van der Waals surface area (Å²) in [5.41, 5.74) is 7.77. The van der Waals surface area contributed by atoms with Gasteiger partial charge in [0.2, 0.25) is 5.91 Å². The van der Waals surface area contributed by atoms with E-state index in [1.165, 1.54) is 0 Å². The number of aliphatic carboxylic acids is 1. The van der Waals surface area contributed by atoms with Crippen molar-refractivity contribution in [2.45, 2.75) is 32.4 Å². The highest BCUT2D eigenvalue weighted by Gasteiger charge is 2.36. The van der Waals surface area contributed by atoms with Crippen molar-refractivity contribution in [3.8, 4) is 11.5 Å². The molecule has 1 heterocycles. The van der Waals surface area contributed by atoms with Crippen LogP contribution < -0.4 is 15.2 Å². The number of hydrogen-bond donors (Lipinski definition) is 2. The molecule has 30 heavy (non-hydrogen) atoms. The summed E-state index contributed by atoms with van der Waals surface area (Å²) in [6.07, 6.45) is 0.0931. The van der Waals surface area contributed by atoms with E-state index < -0.39 is 11.9 Å². The third kappa shape index (κ3) is 5.97. The largest absolute Gasteiger partial charge is 0.497 e. The lowest BCUT2D eigenvalue weighted by atomic mass is 10.1. The average Bonchev–Trinajstić information content (AvgIpc) is 3.15. The number of benzene rings is 2. The lowest BCUT2D eigenvalue weighted by molar-refractivity contribution is -0.141. The van der Waals surface area contributed by atoms with Gasteiger partial charge in [-0.25, -0.2) is 0 Å². The van der Waals surface area contributed by atoms with E-state index in [2.05, 4.69) is 0 Å². The van der Waals surface area contributed by atoms with Gasteiger partial charge in [0.15, 0.2) is 0 Å². The molecule has 1 saturated heterocycles. The van der Waals surface area contributed by atoms with E-state index in [4.69, 9.17) is 20.3 Å². The molecule has 2 aromatic rings. The topological polar surface area (TPSA) is 102 Å². The summed E-state index contributed by atoms with van der Waals surface area (Å²) in [6, 6.07) is 15.2. The van der Waals surface area contributed by atoms with Gasteiger partial charge in [0.1, 0.15) is 11.5 Å². The van der Waals surface area contributed by atoms with Crippen LogP contribution in [0, 0.1) is 5.92 Å². The number of carboxylic acids is 1. The highest BCUT2D eigenvalue weighted by Crippen LogP contribution is 2.29. The molecule has 1 aliphatic rings. The van der Waals surface area contributed by atoms with Crippen LogP contribution in [0.5, 0.6) is 11.5 Å². The summed E-state index contributed by atoms with van der Waals surface area (Å²) < 4.78 is 10.1. The number of carbonyl (C=O) groups is 2. The van der Waals surface area contributed by atoms with Crippen molar-refractivity contribution in [2.24, 2.45) is 11.7 Å². The fraction of sp³-hybridized carbons (Fsp3) is 0.391. The Labute approximate surface area is 177 Å². The van der Waals surface area contributed by atoms with Crippen LogP contribution in [0.3, 0.4) is 0 Å². The van der Waals surface area contributed by atoms with Gasteiger partial charge in [0.05, 0.1) is 26.2 Å². The Balaban J connectivity index is 0.000000248. The standard InChI is InChI=1S/C14H17NO4.C9H13NO/c1-9(10-3-5-12(19-2)6-4-10)15-8-11(14(17)18)7-13(15)16;1-7(10)8-3-5-9(11-2)6-4-8/h3-6,9,11H,7-8H2,1-2H3,(H,17,18);3-7H,10H2,1-2H3/t9-,11?;7-/m00/s1. The first-order valence-electron chi connectivity index (χ1n) is 9.82. The number of nitrogens with zero attached hydrogens (tertiary/aromatic N) is 1. The van der Waals surface area contributed by atoms with Gasteiger partial charge in [-0.2, -0.15) is 0 Å². The average molecular weight is 415 g/mol. The lowest BCUT2D eigenvalue weighted by Crippen LogP contribution is -2.29. The summed E-state index contributed by atoms with van der Waals surface area (Å²) in [5, 5.41) is 8.97. The molecule has 1 unspecified atom stereocenters. The zero-order valence-corrected chi connectivity index (χ0v) is 17.9. The van der Waals surface area contributed by atoms with Crippen LogP contribution in [0.4, 0.5) is 0 Å². The molecular weight excluding hydrogens is 384 g/mol. The molecule has 3 N–H and O–H groups in total. The highest BCUT2D eigenvalue weighted by atomic mass is 16.5. The summed E-state index contributed by atoms with van der Waals surface area (Å²) >= 11 is 0. The molecule has 7 heteroatoms. The number of carbonyl (C=O) groups excluding carboxylic acids is 1. The molecule has 0 bridgehead atoms. The number of likely N-dealkylation sites (tertiary alicyclic amines) is 1. The van der Waals surface area contributed by atoms with Crippen LogP contribution in [0.1, 0.15) is 43.5 Å². The fourth-order valence-corrected chi connectivity index (χ4v) is 3.24. The van der Waals surface area contributed by atoms with Crippen molar-refractivity contribution in [3.05, 3.63) is 59.7 Å². The van der Waals surface area contributed by atoms with Crippen LogP contribution in [-0.4, -0.2) is 42.6 Å². The third-order valence-electron chi connectivity index (χ3n) is 5.21. The Morgan fingerprint density at radius 3 is 1.83 bits per heavy atom. The van der Waals surface area contributed by atoms with Gasteiger partial charge in [0, 0.05) is 19.0 Å². The van der Waals surface area contributed by atoms with E-state index in [-0.39, 0.29) is 31.0 Å². The molecule has 7 nitrogen and oxygen atoms in total. The van der Waals surface area contributed by atoms with Crippen molar-refractivity contribution >= 4 is 11.9 Å². The maximum atomic E-state index is 11.9. The van der Waals surface area contributed by atoms with Crippen LogP contribution in [0.25, 0.3) is 0 Å². The second-order valence-corrected chi connectivity index (χ2v) is 7.30. The van der Waals surface area contributed by atoms with Gasteiger partial charge in [-0.05, 0) is 49.2 Å². The summed E-state index contributed by atoms with van der Waals surface area (Å²) in [6.45, 7) is 4.15. The summed E-state index contributed by atoms with van der Waals surface area (Å²) in [7, 11) is 3.25. The maximum absolute atomic E-state index is 11.9. The molecule has 3 atom stereocenters. The zero-order valence-electron chi connectivity index (χ0n) is 17.9. The highest BCUT2D eigenvalue weighted by molar-refractivity contribution is 5.86. The van der Waals surface area contributed by atoms with Crippen LogP contribution in [0.2, 0.25) is 0 Å². The molecule has 0 spiro atoms. The van der Waals surface area contributed by atoms with Crippen LogP contribution in [0.15, 0.2) is 48.5 Å². The molecule has 0 saturated carbocycles. The van der Waals surface area contributed by atoms with Crippen molar-refractivity contribution in [1.29, 1.82) is 0 Å². The van der Waals surface area contributed by atoms with E-state index in [0.29, 0.717) is 0 Å². The Hall–Kier alpha value is -3.06. The second-order valence-electron chi connectivity index (χ2n) is 7.30. The molecule has 1 fully saturated rings. The van der Waals surface area contributed by atoms with Crippen LogP contribution in [-0.2, 0) is 9.59 Å². The van der Waals surface area contributed by atoms with E-state index in [0.717, 1.165) is 22.6 Å². The molecule has 1 amide bonds. The Morgan fingerprint density at radius 2 is 1.47 bits per heavy atom. The number of amides is 1. The van der Waals surface area contributed by atoms with Crippen molar-refractivity contribution in [1.82, 2.24) is 4.90 Å². The van der Waals surface area contributed by atoms with Crippen molar-refractivity contribution in [3.63, 3.8) is 0 Å². The number of nitrogens with two attached hydrogens (primary N) is 1. The van der Waals surface area contributed by atoms with Gasteiger partial charge >= 0.3 is 5.97 Å². The third-order valence-corrected chi connectivity index (χ3v) is 5.21. The van der Waals surface area contributed by atoms with E-state index >= 15 is 0 Å². The van der Waals surface area contributed by atoms with Gasteiger partial charge in [-0.3, -0.25) is 9.59 Å². The minimum absolute atomic E-state index is 0.0931. The predicted molar refractivity (Wildman–Crippen MR) is 114 cm³/mol. The Bertz CT molecular complexity index is 834. The van der Waals surface area contributed by atoms with Gasteiger partial charge < -0.3 is 25.2 Å². The molecule has 2 aromatic carbocycles. The quantitative estimate of drug-likeness (QED) is 0.751. The van der Waals surface area contributed by atoms with Crippen LogP contribution >= 0.6 is 0 Å². The SMILES string of the molecule is COc1ccc([C@H](C)N)cc1.COc1ccc([C@H](C)N2CC(C(=O)O)CC2=O)cc1. The molecule has 3 rings (SSSR count). The lowest BCUT2D eigenvalue weighted by Gasteiger charge is -2.25. The van der Waals surface area contributed by atoms with E-state index in [1.807, 2.05) is 62.4 Å². The summed E-state index contributed by atoms with van der Waals surface area (Å²) in [5.74, 6) is 0.0307. The molecule has 0 aliphatic carbocycles. The normalized spacial score (nSPS) is 17.6. The first-order valence-corrected chi connectivity index (χ1v) is 9.82.